The number of aliphatic carboxylic acids is 1. The number of hydrogen-bond donors (Lipinski definition) is 1. The molecule has 1 N–H and O–H groups in total. The summed E-state index contributed by atoms with van der Waals surface area (Å²) in [6, 6.07) is 0. The van der Waals surface area contributed by atoms with Crippen molar-refractivity contribution in [2.24, 2.45) is 0 Å². The quantitative estimate of drug-likeness (QED) is 0.0488. The maximum absolute atomic E-state index is 12.7. The summed E-state index contributed by atoms with van der Waals surface area (Å²) < 4.78 is 0. The Labute approximate surface area is 429 Å². The summed E-state index contributed by atoms with van der Waals surface area (Å²) in [6.07, 6.45) is 80.8. The lowest BCUT2D eigenvalue weighted by Gasteiger charge is -2.45. The standard InChI is InChI=1S/C65H127NO2/c1-5-9-13-17-21-25-29-32-34-36-38-41-45-49-53-57-61-65(59-55-51-47-43-28-24-20-16-12-8-4,60-56-52-48-44-40-31-27-23-19-15-11-7-3)66(63-64(67)68)62-58-54-50-46-42-39-37-35-33-30-26-22-18-14-10-6-2/h21,25,32,34H,5-20,22-24,26-31,33,35-63H2,1-4H3,(H,67,68)/b25-21-,34-32-. The van der Waals surface area contributed by atoms with Crippen LogP contribution in [0, 0.1) is 0 Å². The van der Waals surface area contributed by atoms with Crippen LogP contribution in [0.15, 0.2) is 24.3 Å². The molecule has 0 amide bonds. The third-order valence-corrected chi connectivity index (χ3v) is 15.6. The van der Waals surface area contributed by atoms with Crippen LogP contribution in [0.3, 0.4) is 0 Å². The largest absolute Gasteiger partial charge is 0.480 e. The molecule has 0 aliphatic heterocycles. The van der Waals surface area contributed by atoms with Gasteiger partial charge in [0.2, 0.25) is 0 Å². The lowest BCUT2D eigenvalue weighted by atomic mass is 9.79. The maximum Gasteiger partial charge on any atom is 0.317 e. The summed E-state index contributed by atoms with van der Waals surface area (Å²) in [5.41, 5.74) is 0.0434. The first kappa shape index (κ1) is 66.9. The first-order valence-corrected chi connectivity index (χ1v) is 31.8. The third kappa shape index (κ3) is 48.5. The zero-order chi connectivity index (χ0) is 49.4. The number of rotatable bonds is 59. The van der Waals surface area contributed by atoms with Crippen LogP contribution in [0.5, 0.6) is 0 Å². The minimum Gasteiger partial charge on any atom is -0.480 e. The molecule has 404 valence electrons. The van der Waals surface area contributed by atoms with E-state index in [1.54, 1.807) is 0 Å². The van der Waals surface area contributed by atoms with Crippen molar-refractivity contribution in [3.8, 4) is 0 Å². The number of nitrogens with zero attached hydrogens (tertiary/aromatic N) is 1. The molecule has 1 atom stereocenters. The van der Waals surface area contributed by atoms with Gasteiger partial charge in [0.1, 0.15) is 0 Å². The summed E-state index contributed by atoms with van der Waals surface area (Å²) in [5, 5.41) is 10.5. The van der Waals surface area contributed by atoms with Gasteiger partial charge in [-0.3, -0.25) is 9.69 Å². The molecule has 0 aliphatic carbocycles. The van der Waals surface area contributed by atoms with E-state index in [1.165, 1.54) is 327 Å². The van der Waals surface area contributed by atoms with Gasteiger partial charge in [0.25, 0.3) is 0 Å². The van der Waals surface area contributed by atoms with Crippen molar-refractivity contribution in [3.63, 3.8) is 0 Å². The van der Waals surface area contributed by atoms with Crippen molar-refractivity contribution in [2.75, 3.05) is 13.1 Å². The van der Waals surface area contributed by atoms with E-state index in [-0.39, 0.29) is 12.1 Å². The number of carboxylic acid groups (broad SMARTS) is 1. The molecule has 0 fully saturated rings. The highest BCUT2D eigenvalue weighted by Crippen LogP contribution is 2.36. The molecule has 3 nitrogen and oxygen atoms in total. The molecular formula is C65H127NO2. The summed E-state index contributed by atoms with van der Waals surface area (Å²) in [5.74, 6) is -0.610. The van der Waals surface area contributed by atoms with Crippen molar-refractivity contribution in [3.05, 3.63) is 24.3 Å². The molecule has 0 aromatic rings. The second kappa shape index (κ2) is 56.8. The van der Waals surface area contributed by atoms with Gasteiger partial charge in [-0.2, -0.15) is 0 Å². The van der Waals surface area contributed by atoms with Gasteiger partial charge in [0.15, 0.2) is 0 Å². The van der Waals surface area contributed by atoms with Gasteiger partial charge in [-0.15, -0.1) is 0 Å². The molecule has 0 aliphatic rings. The van der Waals surface area contributed by atoms with Gasteiger partial charge in [0.05, 0.1) is 6.54 Å². The van der Waals surface area contributed by atoms with Gasteiger partial charge >= 0.3 is 5.97 Å². The number of hydrogen-bond acceptors (Lipinski definition) is 2. The van der Waals surface area contributed by atoms with Crippen LogP contribution in [-0.4, -0.2) is 34.6 Å². The van der Waals surface area contributed by atoms with Crippen LogP contribution in [0.25, 0.3) is 0 Å². The summed E-state index contributed by atoms with van der Waals surface area (Å²) in [4.78, 5) is 15.3. The minimum absolute atomic E-state index is 0.0434. The first-order chi connectivity index (χ1) is 33.6. The van der Waals surface area contributed by atoms with E-state index in [0.29, 0.717) is 0 Å². The molecular weight excluding hydrogens is 827 g/mol. The zero-order valence-corrected chi connectivity index (χ0v) is 47.5. The first-order valence-electron chi connectivity index (χ1n) is 31.8. The SMILES string of the molecule is CCCCC/C=C\C/C=C\CCCCCCCCC(CCCCCCCCCCCC)(CCCCCCCCCCCCCC)N(CCCCCCCCCCCCCCCCCC)CC(=O)O. The Morgan fingerprint density at radius 3 is 0.853 bits per heavy atom. The van der Waals surface area contributed by atoms with Crippen LogP contribution in [0.2, 0.25) is 0 Å². The Morgan fingerprint density at radius 2 is 0.559 bits per heavy atom. The lowest BCUT2D eigenvalue weighted by Crippen LogP contribution is -2.51. The highest BCUT2D eigenvalue weighted by atomic mass is 16.4. The van der Waals surface area contributed by atoms with Crippen LogP contribution in [0.4, 0.5) is 0 Å². The Bertz CT molecular complexity index is 1020. The smallest absolute Gasteiger partial charge is 0.317 e. The molecule has 1 unspecified atom stereocenters. The van der Waals surface area contributed by atoms with Gasteiger partial charge in [-0.1, -0.05) is 335 Å². The molecule has 0 aromatic heterocycles. The van der Waals surface area contributed by atoms with Gasteiger partial charge in [-0.05, 0) is 64.3 Å². The second-order valence-electron chi connectivity index (χ2n) is 22.2. The number of unbranched alkanes of at least 4 members (excludes halogenated alkanes) is 44. The lowest BCUT2D eigenvalue weighted by molar-refractivity contribution is -0.140. The summed E-state index contributed by atoms with van der Waals surface area (Å²) in [6.45, 7) is 10.4. The average molecular weight is 955 g/mol. The molecule has 0 saturated heterocycles. The van der Waals surface area contributed by atoms with Crippen LogP contribution >= 0.6 is 0 Å². The Morgan fingerprint density at radius 1 is 0.324 bits per heavy atom. The monoisotopic (exact) mass is 954 g/mol. The molecule has 0 radical (unpaired) electrons. The Hall–Kier alpha value is -1.09. The third-order valence-electron chi connectivity index (χ3n) is 15.6. The van der Waals surface area contributed by atoms with Gasteiger partial charge in [0, 0.05) is 5.54 Å². The van der Waals surface area contributed by atoms with Crippen LogP contribution in [-0.2, 0) is 4.79 Å². The Kier molecular flexibility index (Phi) is 55.9. The van der Waals surface area contributed by atoms with E-state index in [4.69, 9.17) is 0 Å². The fourth-order valence-electron chi connectivity index (χ4n) is 11.0. The van der Waals surface area contributed by atoms with E-state index in [0.717, 1.165) is 19.4 Å². The van der Waals surface area contributed by atoms with Gasteiger partial charge in [-0.25, -0.2) is 0 Å². The molecule has 0 spiro atoms. The number of carbonyl (C=O) groups is 1. The van der Waals surface area contributed by atoms with E-state index in [9.17, 15) is 9.90 Å². The van der Waals surface area contributed by atoms with Gasteiger partial charge < -0.3 is 5.11 Å². The van der Waals surface area contributed by atoms with Crippen molar-refractivity contribution in [1.29, 1.82) is 0 Å². The molecule has 0 saturated carbocycles. The second-order valence-corrected chi connectivity index (χ2v) is 22.2. The molecule has 68 heavy (non-hydrogen) atoms. The molecule has 0 heterocycles. The molecule has 3 heteroatoms. The predicted molar refractivity (Wildman–Crippen MR) is 308 cm³/mol. The summed E-state index contributed by atoms with van der Waals surface area (Å²) >= 11 is 0. The zero-order valence-electron chi connectivity index (χ0n) is 47.5. The van der Waals surface area contributed by atoms with Crippen LogP contribution < -0.4 is 0 Å². The van der Waals surface area contributed by atoms with Crippen LogP contribution in [0.1, 0.15) is 368 Å². The van der Waals surface area contributed by atoms with Crippen molar-refractivity contribution < 1.29 is 9.90 Å². The molecule has 0 rings (SSSR count). The fourth-order valence-corrected chi connectivity index (χ4v) is 11.0. The van der Waals surface area contributed by atoms with Crippen molar-refractivity contribution >= 4 is 5.97 Å². The summed E-state index contributed by atoms with van der Waals surface area (Å²) in [7, 11) is 0. The predicted octanol–water partition coefficient (Wildman–Crippen LogP) is 23.0. The van der Waals surface area contributed by atoms with Crippen molar-refractivity contribution in [1.82, 2.24) is 4.90 Å². The number of carboxylic acids is 1. The fraction of sp³-hybridized carbons (Fsp3) is 0.923. The molecule has 0 bridgehead atoms. The maximum atomic E-state index is 12.7. The average Bonchev–Trinajstić information content (AvgIpc) is 3.33. The highest BCUT2D eigenvalue weighted by molar-refractivity contribution is 5.69. The van der Waals surface area contributed by atoms with E-state index >= 15 is 0 Å². The topological polar surface area (TPSA) is 40.5 Å². The van der Waals surface area contributed by atoms with E-state index < -0.39 is 5.97 Å². The Balaban J connectivity index is 5.40. The van der Waals surface area contributed by atoms with E-state index in [2.05, 4.69) is 56.9 Å². The number of allylic oxidation sites excluding steroid dienone is 4. The highest BCUT2D eigenvalue weighted by Gasteiger charge is 2.36. The van der Waals surface area contributed by atoms with Crippen molar-refractivity contribution in [2.45, 2.75) is 374 Å². The van der Waals surface area contributed by atoms with E-state index in [1.807, 2.05) is 0 Å². The molecule has 0 aromatic carbocycles. The minimum atomic E-state index is -0.610. The normalized spacial score (nSPS) is 13.0.